The lowest BCUT2D eigenvalue weighted by atomic mass is 10.2. The van der Waals surface area contributed by atoms with Gasteiger partial charge in [-0.25, -0.2) is 4.79 Å². The molecule has 0 fully saturated rings. The van der Waals surface area contributed by atoms with Crippen LogP contribution in [0.3, 0.4) is 0 Å². The number of amides is 1. The van der Waals surface area contributed by atoms with Crippen molar-refractivity contribution < 1.29 is 19.4 Å². The van der Waals surface area contributed by atoms with Crippen LogP contribution in [-0.2, 0) is 9.53 Å². The normalized spacial score (nSPS) is 13.2. The second-order valence-electron chi connectivity index (χ2n) is 5.17. The predicted octanol–water partition coefficient (Wildman–Crippen LogP) is 1.31. The predicted molar refractivity (Wildman–Crippen MR) is 68.6 cm³/mol. The van der Waals surface area contributed by atoms with Gasteiger partial charge in [0.05, 0.1) is 0 Å². The van der Waals surface area contributed by atoms with Gasteiger partial charge < -0.3 is 15.2 Å². The maximum atomic E-state index is 11.3. The third kappa shape index (κ3) is 7.11. The summed E-state index contributed by atoms with van der Waals surface area (Å²) in [5.74, 6) is -0.850. The number of rotatable bonds is 6. The Morgan fingerprint density at radius 2 is 1.94 bits per heavy atom. The van der Waals surface area contributed by atoms with Crippen LogP contribution < -0.4 is 5.32 Å². The van der Waals surface area contributed by atoms with Gasteiger partial charge >= 0.3 is 12.1 Å². The number of carbonyl (C=O) groups is 2. The molecular weight excluding hydrogens is 236 g/mol. The molecular formula is C12H24N2O4. The lowest BCUT2D eigenvalue weighted by Gasteiger charge is -2.24. The SMILES string of the molecule is CCC(C(=O)O)N(C)CCNC(=O)OC(C)(C)C. The molecule has 0 aromatic heterocycles. The van der Waals surface area contributed by atoms with Crippen LogP contribution in [0.4, 0.5) is 4.79 Å². The van der Waals surface area contributed by atoms with Crippen molar-refractivity contribution in [3.05, 3.63) is 0 Å². The summed E-state index contributed by atoms with van der Waals surface area (Å²) in [4.78, 5) is 23.9. The van der Waals surface area contributed by atoms with E-state index in [2.05, 4.69) is 5.32 Å². The highest BCUT2D eigenvalue weighted by Crippen LogP contribution is 2.06. The topological polar surface area (TPSA) is 78.9 Å². The minimum Gasteiger partial charge on any atom is -0.480 e. The summed E-state index contributed by atoms with van der Waals surface area (Å²) in [5, 5.41) is 11.5. The van der Waals surface area contributed by atoms with E-state index in [1.54, 1.807) is 32.7 Å². The molecule has 106 valence electrons. The Labute approximate surface area is 108 Å². The molecule has 0 heterocycles. The standard InChI is InChI=1S/C12H24N2O4/c1-6-9(10(15)16)14(5)8-7-13-11(17)18-12(2,3)4/h9H,6-8H2,1-5H3,(H,13,17)(H,15,16). The van der Waals surface area contributed by atoms with Crippen LogP contribution in [-0.4, -0.2) is 53.8 Å². The van der Waals surface area contributed by atoms with Gasteiger partial charge in [-0.3, -0.25) is 9.69 Å². The van der Waals surface area contributed by atoms with Crippen LogP contribution in [0.1, 0.15) is 34.1 Å². The zero-order chi connectivity index (χ0) is 14.3. The molecule has 0 rings (SSSR count). The average molecular weight is 260 g/mol. The number of carboxylic acid groups (broad SMARTS) is 1. The lowest BCUT2D eigenvalue weighted by molar-refractivity contribution is -0.142. The molecule has 0 aliphatic rings. The lowest BCUT2D eigenvalue weighted by Crippen LogP contribution is -2.43. The Hall–Kier alpha value is -1.30. The van der Waals surface area contributed by atoms with Crippen LogP contribution in [0.15, 0.2) is 0 Å². The molecule has 0 aromatic rings. The molecule has 18 heavy (non-hydrogen) atoms. The van der Waals surface area contributed by atoms with Gasteiger partial charge in [-0.05, 0) is 34.2 Å². The second-order valence-corrected chi connectivity index (χ2v) is 5.17. The number of hydrogen-bond acceptors (Lipinski definition) is 4. The molecule has 0 bridgehead atoms. The Morgan fingerprint density at radius 1 is 1.39 bits per heavy atom. The maximum Gasteiger partial charge on any atom is 0.407 e. The summed E-state index contributed by atoms with van der Waals surface area (Å²) in [6.07, 6.45) is 0.0393. The van der Waals surface area contributed by atoms with Gasteiger partial charge in [-0.15, -0.1) is 0 Å². The van der Waals surface area contributed by atoms with Gasteiger partial charge in [0.2, 0.25) is 0 Å². The van der Waals surface area contributed by atoms with Gasteiger partial charge in [-0.1, -0.05) is 6.92 Å². The summed E-state index contributed by atoms with van der Waals surface area (Å²) >= 11 is 0. The number of hydrogen-bond donors (Lipinski definition) is 2. The first-order valence-electron chi connectivity index (χ1n) is 6.07. The van der Waals surface area contributed by atoms with E-state index >= 15 is 0 Å². The molecule has 0 radical (unpaired) electrons. The zero-order valence-electron chi connectivity index (χ0n) is 11.8. The number of likely N-dealkylation sites (N-methyl/N-ethyl adjacent to an activating group) is 1. The molecule has 1 amide bonds. The number of nitrogens with zero attached hydrogens (tertiary/aromatic N) is 1. The van der Waals surface area contributed by atoms with Crippen molar-refractivity contribution in [2.75, 3.05) is 20.1 Å². The first-order chi connectivity index (χ1) is 8.17. The van der Waals surface area contributed by atoms with Gasteiger partial charge in [-0.2, -0.15) is 0 Å². The number of nitrogens with one attached hydrogen (secondary N) is 1. The summed E-state index contributed by atoms with van der Waals surface area (Å²) in [7, 11) is 1.72. The van der Waals surface area contributed by atoms with Crippen molar-refractivity contribution in [3.8, 4) is 0 Å². The largest absolute Gasteiger partial charge is 0.480 e. The molecule has 0 saturated heterocycles. The van der Waals surface area contributed by atoms with Gasteiger partial charge in [0.25, 0.3) is 0 Å². The molecule has 6 nitrogen and oxygen atoms in total. The third-order valence-electron chi connectivity index (χ3n) is 2.34. The molecule has 0 saturated carbocycles. The Bertz CT molecular complexity index is 286. The number of aliphatic carboxylic acids is 1. The van der Waals surface area contributed by atoms with E-state index in [1.165, 1.54) is 0 Å². The Balaban J connectivity index is 3.97. The third-order valence-corrected chi connectivity index (χ3v) is 2.34. The van der Waals surface area contributed by atoms with Crippen molar-refractivity contribution in [1.82, 2.24) is 10.2 Å². The van der Waals surface area contributed by atoms with Crippen molar-refractivity contribution in [1.29, 1.82) is 0 Å². The fourth-order valence-electron chi connectivity index (χ4n) is 1.48. The fourth-order valence-corrected chi connectivity index (χ4v) is 1.48. The van der Waals surface area contributed by atoms with Crippen molar-refractivity contribution in [2.45, 2.75) is 45.8 Å². The van der Waals surface area contributed by atoms with E-state index in [4.69, 9.17) is 9.84 Å². The van der Waals surface area contributed by atoms with E-state index in [9.17, 15) is 9.59 Å². The second kappa shape index (κ2) is 7.20. The first-order valence-corrected chi connectivity index (χ1v) is 6.07. The maximum absolute atomic E-state index is 11.3. The number of carboxylic acids is 1. The highest BCUT2D eigenvalue weighted by atomic mass is 16.6. The number of ether oxygens (including phenoxy) is 1. The molecule has 0 spiro atoms. The highest BCUT2D eigenvalue weighted by Gasteiger charge is 2.20. The highest BCUT2D eigenvalue weighted by molar-refractivity contribution is 5.73. The van der Waals surface area contributed by atoms with Crippen molar-refractivity contribution in [2.24, 2.45) is 0 Å². The van der Waals surface area contributed by atoms with Gasteiger partial charge in [0.1, 0.15) is 11.6 Å². The van der Waals surface area contributed by atoms with Gasteiger partial charge in [0, 0.05) is 13.1 Å². The summed E-state index contributed by atoms with van der Waals surface area (Å²) in [5.41, 5.74) is -0.525. The van der Waals surface area contributed by atoms with Crippen LogP contribution in [0.25, 0.3) is 0 Å². The monoisotopic (exact) mass is 260 g/mol. The minimum absolute atomic E-state index is 0.356. The van der Waals surface area contributed by atoms with Crippen molar-refractivity contribution in [3.63, 3.8) is 0 Å². The minimum atomic E-state index is -0.850. The van der Waals surface area contributed by atoms with E-state index in [1.807, 2.05) is 6.92 Å². The van der Waals surface area contributed by atoms with Crippen LogP contribution in [0.5, 0.6) is 0 Å². The zero-order valence-corrected chi connectivity index (χ0v) is 11.8. The summed E-state index contributed by atoms with van der Waals surface area (Å²) in [6.45, 7) is 8.00. The molecule has 0 aliphatic carbocycles. The number of carbonyl (C=O) groups excluding carboxylic acids is 1. The Morgan fingerprint density at radius 3 is 2.33 bits per heavy atom. The van der Waals surface area contributed by atoms with Crippen LogP contribution in [0, 0.1) is 0 Å². The van der Waals surface area contributed by atoms with E-state index in [0.29, 0.717) is 19.5 Å². The number of alkyl carbamates (subject to hydrolysis) is 1. The molecule has 6 heteroatoms. The smallest absolute Gasteiger partial charge is 0.407 e. The summed E-state index contributed by atoms with van der Waals surface area (Å²) < 4.78 is 5.07. The first kappa shape index (κ1) is 16.7. The fraction of sp³-hybridized carbons (Fsp3) is 0.833. The van der Waals surface area contributed by atoms with Gasteiger partial charge in [0.15, 0.2) is 0 Å². The summed E-state index contributed by atoms with van der Waals surface area (Å²) in [6, 6.07) is -0.523. The molecule has 0 aliphatic heterocycles. The van der Waals surface area contributed by atoms with Crippen LogP contribution in [0.2, 0.25) is 0 Å². The van der Waals surface area contributed by atoms with Crippen LogP contribution >= 0.6 is 0 Å². The Kier molecular flexibility index (Phi) is 6.68. The average Bonchev–Trinajstić information content (AvgIpc) is 2.14. The van der Waals surface area contributed by atoms with E-state index < -0.39 is 23.7 Å². The molecule has 2 N–H and O–H groups in total. The quantitative estimate of drug-likeness (QED) is 0.752. The molecule has 0 aromatic carbocycles. The molecule has 1 atom stereocenters. The van der Waals surface area contributed by atoms with Crippen molar-refractivity contribution >= 4 is 12.1 Å². The molecule has 1 unspecified atom stereocenters. The van der Waals surface area contributed by atoms with E-state index in [-0.39, 0.29) is 0 Å². The van der Waals surface area contributed by atoms with E-state index in [0.717, 1.165) is 0 Å².